The second-order valence-corrected chi connectivity index (χ2v) is 7.78. The largest absolute Gasteiger partial charge is 0.350 e. The number of para-hydroxylation sites is 2. The van der Waals surface area contributed by atoms with E-state index in [1.54, 1.807) is 0 Å². The van der Waals surface area contributed by atoms with Gasteiger partial charge in [0.05, 0.1) is 16.8 Å². The number of anilines is 1. The Morgan fingerprint density at radius 3 is 2.45 bits per heavy atom. The van der Waals surface area contributed by atoms with Gasteiger partial charge < -0.3 is 9.13 Å². The molecule has 0 bridgehead atoms. The van der Waals surface area contributed by atoms with Crippen molar-refractivity contribution in [1.82, 2.24) is 9.13 Å². The van der Waals surface area contributed by atoms with E-state index < -0.39 is 0 Å². The van der Waals surface area contributed by atoms with Crippen LogP contribution >= 0.6 is 0 Å². The highest BCUT2D eigenvalue weighted by Crippen LogP contribution is 2.41. The number of rotatable bonds is 2. The van der Waals surface area contributed by atoms with Gasteiger partial charge in [-0.25, -0.2) is 4.90 Å². The fourth-order valence-electron chi connectivity index (χ4n) is 4.93. The standard InChI is InChI=1S/C24H19N3O2/c1-25-14-18(15-7-2-4-9-19(15)25)17-13-22(28)27(24(17)29)23-16-8-3-5-10-20(16)26-12-6-11-21(23)26/h2-5,7-10,13-14H,6,11-12H2,1H3. The second-order valence-electron chi connectivity index (χ2n) is 7.78. The van der Waals surface area contributed by atoms with Crippen molar-refractivity contribution in [1.29, 1.82) is 0 Å². The summed E-state index contributed by atoms with van der Waals surface area (Å²) >= 11 is 0. The van der Waals surface area contributed by atoms with Crippen molar-refractivity contribution in [2.75, 3.05) is 4.90 Å². The van der Waals surface area contributed by atoms with Crippen LogP contribution < -0.4 is 4.90 Å². The quantitative estimate of drug-likeness (QED) is 0.492. The van der Waals surface area contributed by atoms with E-state index in [2.05, 4.69) is 10.6 Å². The number of hydrogen-bond acceptors (Lipinski definition) is 2. The number of carbonyl (C=O) groups is 2. The minimum atomic E-state index is -0.260. The molecule has 0 unspecified atom stereocenters. The summed E-state index contributed by atoms with van der Waals surface area (Å²) in [7, 11) is 1.96. The Labute approximate surface area is 167 Å². The lowest BCUT2D eigenvalue weighted by Crippen LogP contribution is -2.31. The van der Waals surface area contributed by atoms with E-state index in [9.17, 15) is 9.59 Å². The number of fused-ring (bicyclic) bond motifs is 4. The highest BCUT2D eigenvalue weighted by Gasteiger charge is 2.38. The number of aromatic nitrogens is 2. The zero-order valence-electron chi connectivity index (χ0n) is 16.1. The minimum absolute atomic E-state index is 0.239. The zero-order chi connectivity index (χ0) is 19.7. The minimum Gasteiger partial charge on any atom is -0.350 e. The fourth-order valence-corrected chi connectivity index (χ4v) is 4.93. The van der Waals surface area contributed by atoms with Crippen LogP contribution in [0.5, 0.6) is 0 Å². The van der Waals surface area contributed by atoms with Gasteiger partial charge in [-0.05, 0) is 25.0 Å². The van der Waals surface area contributed by atoms with Crippen LogP contribution in [0.15, 0.2) is 60.8 Å². The number of aryl methyl sites for hydroxylation is 2. The molecule has 142 valence electrons. The van der Waals surface area contributed by atoms with Gasteiger partial charge in [-0.1, -0.05) is 36.4 Å². The van der Waals surface area contributed by atoms with Gasteiger partial charge in [0, 0.05) is 53.4 Å². The Hall–Kier alpha value is -3.60. The Bertz CT molecular complexity index is 1390. The molecule has 5 heteroatoms. The molecule has 0 saturated heterocycles. The molecule has 0 aliphatic carbocycles. The third-order valence-corrected chi connectivity index (χ3v) is 6.18. The van der Waals surface area contributed by atoms with Gasteiger partial charge in [-0.2, -0.15) is 0 Å². The molecular formula is C24H19N3O2. The molecule has 2 aromatic heterocycles. The monoisotopic (exact) mass is 381 g/mol. The molecule has 0 radical (unpaired) electrons. The Morgan fingerprint density at radius 2 is 1.62 bits per heavy atom. The van der Waals surface area contributed by atoms with Crippen LogP contribution in [-0.2, 0) is 29.6 Å². The molecule has 2 aliphatic heterocycles. The normalized spacial score (nSPS) is 16.3. The van der Waals surface area contributed by atoms with Gasteiger partial charge in [-0.3, -0.25) is 9.59 Å². The zero-order valence-corrected chi connectivity index (χ0v) is 16.1. The van der Waals surface area contributed by atoms with E-state index in [1.807, 2.05) is 60.3 Å². The van der Waals surface area contributed by atoms with Gasteiger partial charge in [0.25, 0.3) is 11.8 Å². The van der Waals surface area contributed by atoms with Crippen molar-refractivity contribution in [3.8, 4) is 0 Å². The maximum Gasteiger partial charge on any atom is 0.266 e. The van der Waals surface area contributed by atoms with Crippen LogP contribution in [0.3, 0.4) is 0 Å². The smallest absolute Gasteiger partial charge is 0.266 e. The lowest BCUT2D eigenvalue weighted by Gasteiger charge is -2.16. The maximum absolute atomic E-state index is 13.5. The Kier molecular flexibility index (Phi) is 3.22. The number of amides is 2. The van der Waals surface area contributed by atoms with E-state index in [0.29, 0.717) is 5.57 Å². The van der Waals surface area contributed by atoms with Crippen molar-refractivity contribution >= 4 is 44.9 Å². The summed E-state index contributed by atoms with van der Waals surface area (Å²) in [6.45, 7) is 0.926. The number of nitrogens with zero attached hydrogens (tertiary/aromatic N) is 3. The lowest BCUT2D eigenvalue weighted by atomic mass is 10.1. The first kappa shape index (κ1) is 16.4. The first-order valence-corrected chi connectivity index (χ1v) is 9.90. The topological polar surface area (TPSA) is 47.2 Å². The molecule has 0 spiro atoms. The average Bonchev–Trinajstić information content (AvgIpc) is 3.46. The van der Waals surface area contributed by atoms with Gasteiger partial charge in [0.2, 0.25) is 0 Å². The van der Waals surface area contributed by atoms with Crippen LogP contribution in [0.2, 0.25) is 0 Å². The molecule has 5 nitrogen and oxygen atoms in total. The molecule has 0 saturated carbocycles. The van der Waals surface area contributed by atoms with Crippen LogP contribution in [0, 0.1) is 0 Å². The van der Waals surface area contributed by atoms with Crippen molar-refractivity contribution in [3.05, 3.63) is 72.1 Å². The first-order chi connectivity index (χ1) is 14.1. The molecule has 0 N–H and O–H groups in total. The van der Waals surface area contributed by atoms with Crippen molar-refractivity contribution < 1.29 is 9.59 Å². The number of hydrogen-bond donors (Lipinski definition) is 0. The third-order valence-electron chi connectivity index (χ3n) is 6.18. The summed E-state index contributed by atoms with van der Waals surface area (Å²) < 4.78 is 4.25. The Morgan fingerprint density at radius 1 is 0.897 bits per heavy atom. The average molecular weight is 381 g/mol. The number of benzene rings is 2. The summed E-state index contributed by atoms with van der Waals surface area (Å²) in [5, 5.41) is 1.95. The highest BCUT2D eigenvalue weighted by molar-refractivity contribution is 6.45. The summed E-state index contributed by atoms with van der Waals surface area (Å²) in [6.07, 6.45) is 5.35. The lowest BCUT2D eigenvalue weighted by molar-refractivity contribution is -0.119. The molecule has 0 atom stereocenters. The van der Waals surface area contributed by atoms with Crippen LogP contribution in [0.25, 0.3) is 27.4 Å². The van der Waals surface area contributed by atoms with Crippen LogP contribution in [0.4, 0.5) is 5.69 Å². The van der Waals surface area contributed by atoms with E-state index in [0.717, 1.165) is 58.1 Å². The van der Waals surface area contributed by atoms with Crippen molar-refractivity contribution in [3.63, 3.8) is 0 Å². The maximum atomic E-state index is 13.5. The van der Waals surface area contributed by atoms with Gasteiger partial charge in [-0.15, -0.1) is 0 Å². The SMILES string of the molecule is Cn1cc(C2=CC(=O)N(c3c4n(c5ccccc35)CCC4)C2=O)c2ccccc21. The van der Waals surface area contributed by atoms with Crippen LogP contribution in [-0.4, -0.2) is 20.9 Å². The summed E-state index contributed by atoms with van der Waals surface area (Å²) in [5.41, 5.74) is 5.25. The molecule has 4 aromatic rings. The van der Waals surface area contributed by atoms with Crippen molar-refractivity contribution in [2.24, 2.45) is 7.05 Å². The molecule has 0 fully saturated rings. The summed E-state index contributed by atoms with van der Waals surface area (Å²) in [4.78, 5) is 28.0. The van der Waals surface area contributed by atoms with Crippen molar-refractivity contribution in [2.45, 2.75) is 19.4 Å². The molecule has 6 rings (SSSR count). The van der Waals surface area contributed by atoms with E-state index in [4.69, 9.17) is 0 Å². The Balaban J connectivity index is 1.53. The molecular weight excluding hydrogens is 362 g/mol. The van der Waals surface area contributed by atoms with Gasteiger partial charge in [0.15, 0.2) is 0 Å². The second kappa shape index (κ2) is 5.70. The predicted molar refractivity (Wildman–Crippen MR) is 114 cm³/mol. The molecule has 2 amide bonds. The molecule has 29 heavy (non-hydrogen) atoms. The number of imide groups is 1. The van der Waals surface area contributed by atoms with E-state index in [1.165, 1.54) is 11.0 Å². The van der Waals surface area contributed by atoms with E-state index in [-0.39, 0.29) is 11.8 Å². The first-order valence-electron chi connectivity index (χ1n) is 9.90. The van der Waals surface area contributed by atoms with Gasteiger partial charge >= 0.3 is 0 Å². The molecule has 2 aromatic carbocycles. The fraction of sp³-hybridized carbons (Fsp3) is 0.167. The van der Waals surface area contributed by atoms with E-state index >= 15 is 0 Å². The number of carbonyl (C=O) groups excluding carboxylic acids is 2. The van der Waals surface area contributed by atoms with Crippen LogP contribution in [0.1, 0.15) is 17.7 Å². The summed E-state index contributed by atoms with van der Waals surface area (Å²) in [5.74, 6) is -0.499. The predicted octanol–water partition coefficient (Wildman–Crippen LogP) is 4.04. The summed E-state index contributed by atoms with van der Waals surface area (Å²) in [6, 6.07) is 16.0. The highest BCUT2D eigenvalue weighted by atomic mass is 16.2. The molecule has 4 heterocycles. The molecule has 2 aliphatic rings. The third kappa shape index (κ3) is 2.10. The van der Waals surface area contributed by atoms with Gasteiger partial charge in [0.1, 0.15) is 0 Å².